The fourth-order valence-corrected chi connectivity index (χ4v) is 9.50. The van der Waals surface area contributed by atoms with Crippen molar-refractivity contribution >= 4 is 43.9 Å². The second-order valence-electron chi connectivity index (χ2n) is 10.9. The van der Waals surface area contributed by atoms with Crippen molar-refractivity contribution in [1.82, 2.24) is 0 Å². The summed E-state index contributed by atoms with van der Waals surface area (Å²) in [6.45, 7) is 15.7. The highest BCUT2D eigenvalue weighted by atomic mass is 35.5. The highest BCUT2D eigenvalue weighted by Gasteiger charge is 2.52. The third kappa shape index (κ3) is 3.62. The molecular weight excluding hydrogens is 495 g/mol. The second kappa shape index (κ2) is 9.05. The van der Waals surface area contributed by atoms with Crippen LogP contribution in [-0.4, -0.2) is 9.52 Å². The minimum atomic E-state index is -0.676. The van der Waals surface area contributed by atoms with E-state index >= 15 is 0 Å². The van der Waals surface area contributed by atoms with Crippen LogP contribution in [0.3, 0.4) is 0 Å². The lowest BCUT2D eigenvalue weighted by molar-refractivity contribution is 0.853. The Kier molecular flexibility index (Phi) is 6.43. The fourth-order valence-electron chi connectivity index (χ4n) is 6.11. The largest absolute Gasteiger partial charge is 0.118 e. The van der Waals surface area contributed by atoms with Gasteiger partial charge >= 0.3 is 0 Å². The molecule has 0 N–H and O–H groups in total. The third-order valence-electron chi connectivity index (χ3n) is 8.18. The van der Waals surface area contributed by atoms with Crippen molar-refractivity contribution in [2.75, 3.05) is 0 Å². The summed E-state index contributed by atoms with van der Waals surface area (Å²) >= 11 is 15.6. The van der Waals surface area contributed by atoms with Gasteiger partial charge in [0.05, 0.1) is 8.99 Å². The summed E-state index contributed by atoms with van der Waals surface area (Å²) in [6, 6.07) is 24.0. The van der Waals surface area contributed by atoms with Gasteiger partial charge in [0.2, 0.25) is 0 Å². The maximum atomic E-state index is 7.87. The van der Waals surface area contributed by atoms with Crippen LogP contribution in [0, 0.1) is 0 Å². The molecule has 184 valence electrons. The number of halogens is 2. The SMILES string of the molecule is CC1=C(C)C(Cl)([Si]C2(Cl)C(C)=C(c3ccccc3)c3c(C(C)C)cccc32)c2cccc(C(C)C)c21. The van der Waals surface area contributed by atoms with E-state index in [2.05, 4.69) is 115 Å². The van der Waals surface area contributed by atoms with Crippen LogP contribution in [0.5, 0.6) is 0 Å². The molecule has 0 aliphatic heterocycles. The molecule has 3 heteroatoms. The van der Waals surface area contributed by atoms with E-state index in [0.717, 1.165) is 0 Å². The lowest BCUT2D eigenvalue weighted by atomic mass is 9.89. The maximum Gasteiger partial charge on any atom is 0.118 e. The van der Waals surface area contributed by atoms with Crippen molar-refractivity contribution in [3.63, 3.8) is 0 Å². The topological polar surface area (TPSA) is 0 Å². The number of hydrogen-bond donors (Lipinski definition) is 0. The van der Waals surface area contributed by atoms with Crippen molar-refractivity contribution in [3.05, 3.63) is 117 Å². The summed E-state index contributed by atoms with van der Waals surface area (Å²) in [5.74, 6) is 0.825. The first-order chi connectivity index (χ1) is 17.0. The van der Waals surface area contributed by atoms with Gasteiger partial charge < -0.3 is 0 Å². The fraction of sp³-hybridized carbons (Fsp3) is 0.333. The van der Waals surface area contributed by atoms with Crippen LogP contribution in [0.2, 0.25) is 0 Å². The minimum Gasteiger partial charge on any atom is -0.114 e. The van der Waals surface area contributed by atoms with Gasteiger partial charge in [-0.3, -0.25) is 0 Å². The van der Waals surface area contributed by atoms with Gasteiger partial charge in [0.25, 0.3) is 0 Å². The number of hydrogen-bond acceptors (Lipinski definition) is 0. The van der Waals surface area contributed by atoms with E-state index in [0.29, 0.717) is 11.8 Å². The quantitative estimate of drug-likeness (QED) is 0.228. The average molecular weight is 530 g/mol. The molecule has 0 nitrogen and oxygen atoms in total. The molecule has 2 atom stereocenters. The molecule has 0 saturated heterocycles. The second-order valence-corrected chi connectivity index (χ2v) is 14.4. The molecule has 2 radical (unpaired) electrons. The van der Waals surface area contributed by atoms with E-state index in [-0.39, 0.29) is 9.52 Å². The molecule has 2 aliphatic carbocycles. The molecule has 0 amide bonds. The van der Waals surface area contributed by atoms with Crippen LogP contribution in [-0.2, 0) is 8.99 Å². The summed E-state index contributed by atoms with van der Waals surface area (Å²) in [4.78, 5) is 0. The van der Waals surface area contributed by atoms with Gasteiger partial charge in [0.1, 0.15) is 9.52 Å². The van der Waals surface area contributed by atoms with Crippen molar-refractivity contribution in [2.24, 2.45) is 0 Å². The van der Waals surface area contributed by atoms with Gasteiger partial charge in [-0.2, -0.15) is 0 Å². The molecule has 0 aromatic heterocycles. The van der Waals surface area contributed by atoms with Gasteiger partial charge in [0, 0.05) is 0 Å². The van der Waals surface area contributed by atoms with Gasteiger partial charge in [-0.25, -0.2) is 0 Å². The van der Waals surface area contributed by atoms with Gasteiger partial charge in [-0.05, 0) is 93.8 Å². The number of alkyl halides is 2. The van der Waals surface area contributed by atoms with E-state index < -0.39 is 8.99 Å². The van der Waals surface area contributed by atoms with Crippen LogP contribution in [0.1, 0.15) is 99.2 Å². The zero-order valence-electron chi connectivity index (χ0n) is 22.3. The summed E-state index contributed by atoms with van der Waals surface area (Å²) in [6.07, 6.45) is 0. The Morgan fingerprint density at radius 3 is 1.67 bits per heavy atom. The van der Waals surface area contributed by atoms with E-state index in [1.165, 1.54) is 61.2 Å². The lowest BCUT2D eigenvalue weighted by Crippen LogP contribution is -2.40. The molecular formula is C33H34Cl2Si. The Morgan fingerprint density at radius 1 is 0.611 bits per heavy atom. The van der Waals surface area contributed by atoms with E-state index in [4.69, 9.17) is 23.2 Å². The van der Waals surface area contributed by atoms with Gasteiger partial charge in [0.15, 0.2) is 0 Å². The summed E-state index contributed by atoms with van der Waals surface area (Å²) < 4.78 is -1.31. The lowest BCUT2D eigenvalue weighted by Gasteiger charge is -2.35. The normalized spacial score (nSPS) is 23.2. The van der Waals surface area contributed by atoms with Crippen molar-refractivity contribution in [3.8, 4) is 0 Å². The van der Waals surface area contributed by atoms with Crippen LogP contribution in [0.15, 0.2) is 77.9 Å². The molecule has 0 fully saturated rings. The van der Waals surface area contributed by atoms with Crippen LogP contribution < -0.4 is 0 Å². The van der Waals surface area contributed by atoms with Crippen LogP contribution in [0.4, 0.5) is 0 Å². The van der Waals surface area contributed by atoms with Crippen molar-refractivity contribution < 1.29 is 0 Å². The Morgan fingerprint density at radius 2 is 1.11 bits per heavy atom. The first-order valence-electron chi connectivity index (χ1n) is 12.9. The van der Waals surface area contributed by atoms with E-state index in [9.17, 15) is 0 Å². The van der Waals surface area contributed by atoms with Gasteiger partial charge in [-0.1, -0.05) is 94.4 Å². The Balaban J connectivity index is 1.75. The molecule has 0 heterocycles. The number of benzene rings is 3. The smallest absolute Gasteiger partial charge is 0.114 e. The van der Waals surface area contributed by atoms with E-state index in [1.54, 1.807) is 0 Å². The zero-order chi connectivity index (χ0) is 26.0. The maximum absolute atomic E-state index is 7.87. The van der Waals surface area contributed by atoms with Crippen molar-refractivity contribution in [1.29, 1.82) is 0 Å². The first-order valence-corrected chi connectivity index (χ1v) is 14.7. The Labute approximate surface area is 229 Å². The molecule has 0 saturated carbocycles. The predicted molar refractivity (Wildman–Crippen MR) is 158 cm³/mol. The average Bonchev–Trinajstić information content (AvgIpc) is 3.19. The van der Waals surface area contributed by atoms with E-state index in [1.807, 2.05) is 0 Å². The highest BCUT2D eigenvalue weighted by Crippen LogP contribution is 2.58. The monoisotopic (exact) mass is 528 g/mol. The molecule has 2 aliphatic rings. The van der Waals surface area contributed by atoms with Crippen LogP contribution in [0.25, 0.3) is 11.1 Å². The number of allylic oxidation sites excluding steroid dienone is 3. The summed E-state index contributed by atoms with van der Waals surface area (Å²) in [5, 5.41) is 0. The highest BCUT2D eigenvalue weighted by molar-refractivity contribution is 6.70. The standard InChI is InChI=1S/C33H34Cl2Si/c1-19(2)25-15-11-17-27-29(25)21(5)22(6)32(27,34)36-33(35)23(7)30(24-13-9-8-10-14-24)31-26(20(3)4)16-12-18-28(31)33/h8-20H,1-7H3. The zero-order valence-corrected chi connectivity index (χ0v) is 24.8. The first kappa shape index (κ1) is 25.6. The molecule has 3 aromatic rings. The molecule has 3 aromatic carbocycles. The summed E-state index contributed by atoms with van der Waals surface area (Å²) in [7, 11) is 0.252. The number of fused-ring (bicyclic) bond motifs is 2. The molecule has 5 rings (SSSR count). The molecule has 0 spiro atoms. The Bertz CT molecular complexity index is 1410. The molecule has 36 heavy (non-hydrogen) atoms. The predicted octanol–water partition coefficient (Wildman–Crippen LogP) is 9.76. The number of rotatable bonds is 5. The Hall–Kier alpha value is -2.06. The van der Waals surface area contributed by atoms with Crippen LogP contribution >= 0.6 is 23.2 Å². The van der Waals surface area contributed by atoms with Gasteiger partial charge in [-0.15, -0.1) is 23.2 Å². The van der Waals surface area contributed by atoms with Crippen molar-refractivity contribution in [2.45, 2.75) is 69.3 Å². The summed E-state index contributed by atoms with van der Waals surface area (Å²) in [5.41, 5.74) is 14.0. The molecule has 0 bridgehead atoms. The third-order valence-corrected chi connectivity index (χ3v) is 11.7. The minimum absolute atomic E-state index is 0.252. The molecule has 2 unspecified atom stereocenters.